The molecule has 98 valence electrons. The van der Waals surface area contributed by atoms with Crippen LogP contribution in [-0.4, -0.2) is 56.4 Å². The van der Waals surface area contributed by atoms with E-state index in [2.05, 4.69) is 5.32 Å². The number of rotatable bonds is 4. The topological polar surface area (TPSA) is 66.5 Å². The van der Waals surface area contributed by atoms with E-state index in [1.54, 1.807) is 0 Å². The predicted octanol–water partition coefficient (Wildman–Crippen LogP) is -0.226. The number of hydrogen-bond donors (Lipinski definition) is 1. The summed E-state index contributed by atoms with van der Waals surface area (Å²) in [4.78, 5) is 13.7. The first kappa shape index (κ1) is 12.8. The summed E-state index contributed by atoms with van der Waals surface area (Å²) in [5.41, 5.74) is 0. The molecule has 17 heavy (non-hydrogen) atoms. The highest BCUT2D eigenvalue weighted by molar-refractivity contribution is 7.90. The summed E-state index contributed by atoms with van der Waals surface area (Å²) in [6.45, 7) is 1.31. The van der Waals surface area contributed by atoms with Gasteiger partial charge < -0.3 is 10.2 Å². The lowest BCUT2D eigenvalue weighted by molar-refractivity contribution is -0.129. The van der Waals surface area contributed by atoms with Gasteiger partial charge in [-0.3, -0.25) is 4.79 Å². The van der Waals surface area contributed by atoms with E-state index in [0.29, 0.717) is 13.0 Å². The molecular weight excluding hydrogens is 240 g/mol. The van der Waals surface area contributed by atoms with E-state index in [0.717, 1.165) is 19.4 Å². The maximum atomic E-state index is 11.7. The van der Waals surface area contributed by atoms with Crippen LogP contribution in [0.5, 0.6) is 0 Å². The Morgan fingerprint density at radius 1 is 1.41 bits per heavy atom. The van der Waals surface area contributed by atoms with Gasteiger partial charge in [0.15, 0.2) is 0 Å². The number of nitrogens with one attached hydrogen (secondary N) is 1. The van der Waals surface area contributed by atoms with Gasteiger partial charge in [0, 0.05) is 37.8 Å². The van der Waals surface area contributed by atoms with Gasteiger partial charge >= 0.3 is 0 Å². The van der Waals surface area contributed by atoms with Crippen molar-refractivity contribution in [2.45, 2.75) is 37.8 Å². The first-order chi connectivity index (χ1) is 7.97. The van der Waals surface area contributed by atoms with Crippen molar-refractivity contribution >= 4 is 15.7 Å². The zero-order valence-electron chi connectivity index (χ0n) is 10.2. The lowest BCUT2D eigenvalue weighted by atomic mass is 9.99. The Kier molecular flexibility index (Phi) is 3.73. The van der Waals surface area contributed by atoms with Crippen molar-refractivity contribution in [3.05, 3.63) is 0 Å². The zero-order valence-corrected chi connectivity index (χ0v) is 11.0. The van der Waals surface area contributed by atoms with Crippen molar-refractivity contribution in [3.63, 3.8) is 0 Å². The Bertz CT molecular complexity index is 394. The maximum Gasteiger partial charge on any atom is 0.224 e. The van der Waals surface area contributed by atoms with Crippen molar-refractivity contribution in [2.75, 3.05) is 25.1 Å². The van der Waals surface area contributed by atoms with E-state index >= 15 is 0 Å². The summed E-state index contributed by atoms with van der Waals surface area (Å²) in [6.07, 6.45) is 5.06. The van der Waals surface area contributed by atoms with Crippen molar-refractivity contribution in [3.8, 4) is 0 Å². The van der Waals surface area contributed by atoms with E-state index < -0.39 is 9.84 Å². The Labute approximate surface area is 102 Å². The van der Waals surface area contributed by atoms with Crippen LogP contribution in [0, 0.1) is 0 Å². The molecule has 6 heteroatoms. The number of piperidine rings is 1. The number of amides is 1. The first-order valence-corrected chi connectivity index (χ1v) is 8.24. The van der Waals surface area contributed by atoms with E-state index in [-0.39, 0.29) is 23.7 Å². The minimum Gasteiger partial charge on any atom is -0.338 e. The first-order valence-electron chi connectivity index (χ1n) is 6.18. The highest BCUT2D eigenvalue weighted by atomic mass is 32.2. The van der Waals surface area contributed by atoms with Gasteiger partial charge in [-0.2, -0.15) is 0 Å². The lowest BCUT2D eigenvalue weighted by Crippen LogP contribution is -2.46. The Morgan fingerprint density at radius 2 is 2.18 bits per heavy atom. The van der Waals surface area contributed by atoms with Crippen molar-refractivity contribution in [1.82, 2.24) is 10.2 Å². The maximum absolute atomic E-state index is 11.7. The fourth-order valence-electron chi connectivity index (χ4n) is 2.76. The number of sulfone groups is 1. The minimum atomic E-state index is -2.92. The lowest BCUT2D eigenvalue weighted by Gasteiger charge is -2.32. The molecule has 0 spiro atoms. The van der Waals surface area contributed by atoms with Crippen LogP contribution in [-0.2, 0) is 14.6 Å². The molecule has 2 unspecified atom stereocenters. The van der Waals surface area contributed by atoms with Crippen LogP contribution in [0.25, 0.3) is 0 Å². The van der Waals surface area contributed by atoms with Crippen molar-refractivity contribution in [1.29, 1.82) is 0 Å². The van der Waals surface area contributed by atoms with Crippen LogP contribution in [0.15, 0.2) is 0 Å². The normalized spacial score (nSPS) is 29.5. The van der Waals surface area contributed by atoms with Crippen molar-refractivity contribution in [2.24, 2.45) is 0 Å². The quantitative estimate of drug-likeness (QED) is 0.758. The summed E-state index contributed by atoms with van der Waals surface area (Å²) in [7, 11) is -2.92. The second-order valence-electron chi connectivity index (χ2n) is 5.04. The van der Waals surface area contributed by atoms with Gasteiger partial charge in [0.25, 0.3) is 0 Å². The van der Waals surface area contributed by atoms with Gasteiger partial charge in [-0.05, 0) is 19.3 Å². The molecule has 2 saturated heterocycles. The van der Waals surface area contributed by atoms with E-state index in [1.165, 1.54) is 12.7 Å². The molecule has 1 amide bonds. The molecule has 2 atom stereocenters. The third-order valence-corrected chi connectivity index (χ3v) is 4.55. The zero-order chi connectivity index (χ0) is 12.5. The molecule has 0 aromatic rings. The van der Waals surface area contributed by atoms with Crippen LogP contribution in [0.1, 0.15) is 25.7 Å². The fraction of sp³-hybridized carbons (Fsp3) is 0.909. The number of fused-ring (bicyclic) bond motifs is 1. The molecule has 1 N–H and O–H groups in total. The molecule has 0 bridgehead atoms. The SMILES string of the molecule is CS(=O)(=O)CCNC1CC(=O)N2CCCCC12. The second-order valence-corrected chi connectivity index (χ2v) is 7.30. The summed E-state index contributed by atoms with van der Waals surface area (Å²) >= 11 is 0. The van der Waals surface area contributed by atoms with Gasteiger partial charge in [-0.1, -0.05) is 0 Å². The van der Waals surface area contributed by atoms with Gasteiger partial charge in [-0.25, -0.2) is 8.42 Å². The number of nitrogens with zero attached hydrogens (tertiary/aromatic N) is 1. The summed E-state index contributed by atoms with van der Waals surface area (Å²) in [5, 5.41) is 3.23. The summed E-state index contributed by atoms with van der Waals surface area (Å²) in [5.74, 6) is 0.358. The standard InChI is InChI=1S/C11H20N2O3S/c1-17(15,16)7-5-12-9-8-11(14)13-6-3-2-4-10(9)13/h9-10,12H,2-8H2,1H3. The molecule has 5 nitrogen and oxygen atoms in total. The van der Waals surface area contributed by atoms with Crippen LogP contribution < -0.4 is 5.32 Å². The van der Waals surface area contributed by atoms with Crippen LogP contribution in [0.3, 0.4) is 0 Å². The average Bonchev–Trinajstić information content (AvgIpc) is 2.55. The third-order valence-electron chi connectivity index (χ3n) is 3.61. The Balaban J connectivity index is 1.87. The number of carbonyl (C=O) groups is 1. The fourth-order valence-corrected chi connectivity index (χ4v) is 3.25. The molecule has 0 saturated carbocycles. The molecule has 2 fully saturated rings. The Morgan fingerprint density at radius 3 is 2.88 bits per heavy atom. The Hall–Kier alpha value is -0.620. The predicted molar refractivity (Wildman–Crippen MR) is 65.5 cm³/mol. The second kappa shape index (κ2) is 4.94. The number of hydrogen-bond acceptors (Lipinski definition) is 4. The monoisotopic (exact) mass is 260 g/mol. The van der Waals surface area contributed by atoms with Crippen molar-refractivity contribution < 1.29 is 13.2 Å². The molecule has 2 aliphatic heterocycles. The molecule has 0 aromatic carbocycles. The highest BCUT2D eigenvalue weighted by Crippen LogP contribution is 2.27. The van der Waals surface area contributed by atoms with Gasteiger partial charge in [0.2, 0.25) is 5.91 Å². The molecule has 2 aliphatic rings. The van der Waals surface area contributed by atoms with Gasteiger partial charge in [-0.15, -0.1) is 0 Å². The minimum absolute atomic E-state index is 0.143. The van der Waals surface area contributed by atoms with E-state index in [9.17, 15) is 13.2 Å². The molecule has 0 radical (unpaired) electrons. The average molecular weight is 260 g/mol. The van der Waals surface area contributed by atoms with Crippen LogP contribution in [0.4, 0.5) is 0 Å². The molecule has 0 aromatic heterocycles. The van der Waals surface area contributed by atoms with Crippen LogP contribution >= 0.6 is 0 Å². The molecular formula is C11H20N2O3S. The van der Waals surface area contributed by atoms with E-state index in [4.69, 9.17) is 0 Å². The van der Waals surface area contributed by atoms with Gasteiger partial charge in [0.05, 0.1) is 5.75 Å². The number of carbonyl (C=O) groups excluding carboxylic acids is 1. The largest absolute Gasteiger partial charge is 0.338 e. The van der Waals surface area contributed by atoms with E-state index in [1.807, 2.05) is 4.90 Å². The molecule has 0 aliphatic carbocycles. The third kappa shape index (κ3) is 3.19. The summed E-state index contributed by atoms with van der Waals surface area (Å²) in [6, 6.07) is 0.431. The summed E-state index contributed by atoms with van der Waals surface area (Å²) < 4.78 is 22.1. The van der Waals surface area contributed by atoms with Crippen LogP contribution in [0.2, 0.25) is 0 Å². The molecule has 2 heterocycles. The molecule has 2 rings (SSSR count). The smallest absolute Gasteiger partial charge is 0.224 e. The highest BCUT2D eigenvalue weighted by Gasteiger charge is 2.40. The van der Waals surface area contributed by atoms with Gasteiger partial charge in [0.1, 0.15) is 9.84 Å².